The number of carbonyl (C=O) groups is 1. The Morgan fingerprint density at radius 2 is 2.08 bits per heavy atom. The summed E-state index contributed by atoms with van der Waals surface area (Å²) in [5, 5.41) is 11.2. The maximum Gasteiger partial charge on any atom is 0.242 e. The first-order chi connectivity index (χ1) is 11.7. The maximum atomic E-state index is 12.1. The van der Waals surface area contributed by atoms with Crippen molar-refractivity contribution in [2.75, 3.05) is 25.2 Å². The molecule has 2 rings (SSSR count). The summed E-state index contributed by atoms with van der Waals surface area (Å²) < 4.78 is 27.3. The molecule has 0 saturated heterocycles. The Morgan fingerprint density at radius 3 is 2.72 bits per heavy atom. The van der Waals surface area contributed by atoms with E-state index in [1.54, 1.807) is 18.5 Å². The first-order valence-electron chi connectivity index (χ1n) is 7.56. The molecule has 2 aromatic rings. The van der Waals surface area contributed by atoms with E-state index in [0.29, 0.717) is 10.8 Å². The van der Waals surface area contributed by atoms with Gasteiger partial charge in [-0.05, 0) is 32.0 Å². The lowest BCUT2D eigenvalue weighted by Crippen LogP contribution is -2.22. The lowest BCUT2D eigenvalue weighted by Gasteiger charge is -2.13. The molecule has 0 saturated carbocycles. The van der Waals surface area contributed by atoms with Crippen LogP contribution in [0.4, 0.5) is 5.69 Å². The average molecular weight is 383 g/mol. The highest BCUT2D eigenvalue weighted by Gasteiger charge is 2.18. The molecule has 136 valence electrons. The van der Waals surface area contributed by atoms with Crippen molar-refractivity contribution < 1.29 is 13.2 Å². The smallest absolute Gasteiger partial charge is 0.242 e. The highest BCUT2D eigenvalue weighted by atomic mass is 32.2. The molecule has 0 aliphatic heterocycles. The highest BCUT2D eigenvalue weighted by molar-refractivity contribution is 7.99. The Morgan fingerprint density at radius 1 is 1.36 bits per heavy atom. The molecule has 0 unspecified atom stereocenters. The molecule has 0 radical (unpaired) electrons. The maximum absolute atomic E-state index is 12.1. The number of aromatic nitrogens is 3. The Balaban J connectivity index is 2.03. The zero-order valence-corrected chi connectivity index (χ0v) is 16.1. The third-order valence-electron chi connectivity index (χ3n) is 3.33. The van der Waals surface area contributed by atoms with Crippen LogP contribution in [0.15, 0.2) is 40.6 Å². The van der Waals surface area contributed by atoms with Gasteiger partial charge in [0, 0.05) is 25.8 Å². The molecule has 1 amide bonds. The van der Waals surface area contributed by atoms with Crippen LogP contribution in [0.2, 0.25) is 0 Å². The minimum atomic E-state index is -3.54. The van der Waals surface area contributed by atoms with Gasteiger partial charge in [-0.15, -0.1) is 10.2 Å². The number of sulfonamides is 1. The first kappa shape index (κ1) is 19.4. The van der Waals surface area contributed by atoms with Crippen LogP contribution in [-0.2, 0) is 14.8 Å². The van der Waals surface area contributed by atoms with Gasteiger partial charge in [0.25, 0.3) is 0 Å². The lowest BCUT2D eigenvalue weighted by molar-refractivity contribution is -0.113. The molecule has 0 aliphatic rings. The molecule has 10 heteroatoms. The molecular formula is C15H21N5O3S2. The van der Waals surface area contributed by atoms with Gasteiger partial charge in [-0.2, -0.15) is 0 Å². The number of hydrogen-bond acceptors (Lipinski definition) is 6. The number of carbonyl (C=O) groups excluding carboxylic acids is 1. The van der Waals surface area contributed by atoms with Crippen molar-refractivity contribution in [1.29, 1.82) is 0 Å². The molecule has 8 nitrogen and oxygen atoms in total. The summed E-state index contributed by atoms with van der Waals surface area (Å²) in [5.41, 5.74) is 0.429. The van der Waals surface area contributed by atoms with Crippen molar-refractivity contribution in [2.45, 2.75) is 29.9 Å². The third-order valence-corrected chi connectivity index (χ3v) is 6.09. The number of thioether (sulfide) groups is 1. The van der Waals surface area contributed by atoms with Crippen LogP contribution in [0.25, 0.3) is 0 Å². The molecule has 0 spiro atoms. The lowest BCUT2D eigenvalue weighted by atomic mass is 10.3. The molecule has 0 fully saturated rings. The van der Waals surface area contributed by atoms with Crippen molar-refractivity contribution in [3.8, 4) is 0 Å². The summed E-state index contributed by atoms with van der Waals surface area (Å²) in [4.78, 5) is 12.3. The van der Waals surface area contributed by atoms with E-state index in [9.17, 15) is 13.2 Å². The van der Waals surface area contributed by atoms with Gasteiger partial charge in [-0.3, -0.25) is 4.79 Å². The number of hydrogen-bond donors (Lipinski definition) is 1. The number of nitrogens with one attached hydrogen (secondary N) is 1. The van der Waals surface area contributed by atoms with Gasteiger partial charge >= 0.3 is 0 Å². The van der Waals surface area contributed by atoms with Gasteiger partial charge in [-0.1, -0.05) is 17.8 Å². The van der Waals surface area contributed by atoms with Gasteiger partial charge in [0.05, 0.1) is 10.6 Å². The minimum absolute atomic E-state index is 0.127. The third kappa shape index (κ3) is 4.80. The van der Waals surface area contributed by atoms with E-state index in [4.69, 9.17) is 0 Å². The molecule has 0 bridgehead atoms. The zero-order chi connectivity index (χ0) is 18.6. The zero-order valence-electron chi connectivity index (χ0n) is 14.5. The van der Waals surface area contributed by atoms with Crippen LogP contribution in [0.3, 0.4) is 0 Å². The number of nitrogens with zero attached hydrogens (tertiary/aromatic N) is 4. The topological polar surface area (TPSA) is 97.2 Å². The van der Waals surface area contributed by atoms with Gasteiger partial charge in [0.2, 0.25) is 15.9 Å². The average Bonchev–Trinajstić information content (AvgIpc) is 3.02. The van der Waals surface area contributed by atoms with Gasteiger partial charge in [0.15, 0.2) is 5.16 Å². The number of amides is 1. The van der Waals surface area contributed by atoms with Crippen molar-refractivity contribution in [1.82, 2.24) is 19.1 Å². The van der Waals surface area contributed by atoms with E-state index < -0.39 is 10.0 Å². The standard InChI is InChI=1S/C15H21N5O3S2/c1-11(2)20-10-16-18-15(20)24-9-14(21)17-12-6-5-7-13(8-12)25(22,23)19(3)4/h5-8,10-11H,9H2,1-4H3,(H,17,21). The normalized spacial score (nSPS) is 11.9. The molecule has 1 N–H and O–H groups in total. The Labute approximate surface area is 151 Å². The van der Waals surface area contributed by atoms with Crippen LogP contribution in [-0.4, -0.2) is 53.2 Å². The Bertz CT molecular complexity index is 846. The largest absolute Gasteiger partial charge is 0.325 e. The van der Waals surface area contributed by atoms with Crippen molar-refractivity contribution >= 4 is 33.4 Å². The van der Waals surface area contributed by atoms with E-state index in [-0.39, 0.29) is 22.6 Å². The fraction of sp³-hybridized carbons (Fsp3) is 0.400. The second kappa shape index (κ2) is 7.98. The molecule has 0 atom stereocenters. The summed E-state index contributed by atoms with van der Waals surface area (Å²) in [6.07, 6.45) is 1.63. The fourth-order valence-corrected chi connectivity index (χ4v) is 3.75. The van der Waals surface area contributed by atoms with E-state index in [0.717, 1.165) is 4.31 Å². The molecule has 25 heavy (non-hydrogen) atoms. The summed E-state index contributed by atoms with van der Waals surface area (Å²) in [6.45, 7) is 4.01. The van der Waals surface area contributed by atoms with Crippen LogP contribution >= 0.6 is 11.8 Å². The van der Waals surface area contributed by atoms with E-state index in [1.165, 1.54) is 38.0 Å². The molecular weight excluding hydrogens is 362 g/mol. The first-order valence-corrected chi connectivity index (χ1v) is 9.99. The monoisotopic (exact) mass is 383 g/mol. The van der Waals surface area contributed by atoms with Crippen molar-refractivity contribution in [3.63, 3.8) is 0 Å². The van der Waals surface area contributed by atoms with Crippen molar-refractivity contribution in [2.24, 2.45) is 0 Å². The number of rotatable bonds is 7. The van der Waals surface area contributed by atoms with Gasteiger partial charge in [-0.25, -0.2) is 12.7 Å². The summed E-state index contributed by atoms with van der Waals surface area (Å²) >= 11 is 1.27. The summed E-state index contributed by atoms with van der Waals surface area (Å²) in [5.74, 6) is -0.0986. The van der Waals surface area contributed by atoms with Crippen LogP contribution in [0, 0.1) is 0 Å². The molecule has 1 aromatic carbocycles. The fourth-order valence-electron chi connectivity index (χ4n) is 1.96. The molecule has 1 aromatic heterocycles. The molecule has 0 aliphatic carbocycles. The predicted molar refractivity (Wildman–Crippen MR) is 97.1 cm³/mol. The van der Waals surface area contributed by atoms with Gasteiger partial charge < -0.3 is 9.88 Å². The van der Waals surface area contributed by atoms with E-state index in [1.807, 2.05) is 18.4 Å². The second-order valence-corrected chi connectivity index (χ2v) is 8.86. The van der Waals surface area contributed by atoms with Crippen LogP contribution in [0.1, 0.15) is 19.9 Å². The second-order valence-electron chi connectivity index (χ2n) is 5.77. The quantitative estimate of drug-likeness (QED) is 0.733. The highest BCUT2D eigenvalue weighted by Crippen LogP contribution is 2.20. The number of anilines is 1. The van der Waals surface area contributed by atoms with Crippen LogP contribution in [0.5, 0.6) is 0 Å². The predicted octanol–water partition coefficient (Wildman–Crippen LogP) is 1.84. The minimum Gasteiger partial charge on any atom is -0.325 e. The van der Waals surface area contributed by atoms with E-state index >= 15 is 0 Å². The van der Waals surface area contributed by atoms with Crippen LogP contribution < -0.4 is 5.32 Å². The van der Waals surface area contributed by atoms with E-state index in [2.05, 4.69) is 15.5 Å². The molecule has 1 heterocycles. The number of benzene rings is 1. The summed E-state index contributed by atoms with van der Waals surface area (Å²) in [7, 11) is -0.622. The Kier molecular flexibility index (Phi) is 6.20. The Hall–Kier alpha value is -1.91. The van der Waals surface area contributed by atoms with Crippen molar-refractivity contribution in [3.05, 3.63) is 30.6 Å². The summed E-state index contributed by atoms with van der Waals surface area (Å²) in [6, 6.07) is 6.37. The van der Waals surface area contributed by atoms with Gasteiger partial charge in [0.1, 0.15) is 6.33 Å². The SMILES string of the molecule is CC(C)n1cnnc1SCC(=O)Nc1cccc(S(=O)(=O)N(C)C)c1.